The molecule has 0 amide bonds. The van der Waals surface area contributed by atoms with Crippen LogP contribution in [0.25, 0.3) is 0 Å². The van der Waals surface area contributed by atoms with Crippen LogP contribution in [0.15, 0.2) is 108 Å². The highest BCUT2D eigenvalue weighted by molar-refractivity contribution is 5.25. The SMILES string of the molecule is C=C(C)CCC[C@H](C)c1ccc(C)cc1.CC(C)=CCC[C@H](C)[C@@H]1C=CC(C)=CC1.CC(C)=CCC[C@H](C)c1ccc(C)cc1. The van der Waals surface area contributed by atoms with E-state index in [1.807, 2.05) is 0 Å². The highest BCUT2D eigenvalue weighted by atomic mass is 14.2. The Morgan fingerprint density at radius 2 is 1.18 bits per heavy atom. The van der Waals surface area contributed by atoms with Crippen LogP contribution in [0.5, 0.6) is 0 Å². The summed E-state index contributed by atoms with van der Waals surface area (Å²) in [5, 5.41) is 0. The Balaban J connectivity index is 0.000000337. The first-order valence-electron chi connectivity index (χ1n) is 17.7. The van der Waals surface area contributed by atoms with Crippen molar-refractivity contribution in [3.63, 3.8) is 0 Å². The van der Waals surface area contributed by atoms with Crippen LogP contribution in [0.2, 0.25) is 0 Å². The molecular weight excluding hydrogens is 540 g/mol. The van der Waals surface area contributed by atoms with Gasteiger partial charge in [-0.1, -0.05) is 133 Å². The lowest BCUT2D eigenvalue weighted by Crippen LogP contribution is -2.10. The Labute approximate surface area is 280 Å². The quantitative estimate of drug-likeness (QED) is 0.198. The topological polar surface area (TPSA) is 0 Å². The summed E-state index contributed by atoms with van der Waals surface area (Å²) in [6.45, 7) is 28.2. The largest absolute Gasteiger partial charge is 0.100 e. The van der Waals surface area contributed by atoms with Gasteiger partial charge in [-0.2, -0.15) is 0 Å². The van der Waals surface area contributed by atoms with Crippen LogP contribution in [0.1, 0.15) is 148 Å². The third-order valence-corrected chi connectivity index (χ3v) is 8.91. The summed E-state index contributed by atoms with van der Waals surface area (Å²) in [5.41, 5.74) is 11.2. The first-order valence-corrected chi connectivity index (χ1v) is 17.7. The van der Waals surface area contributed by atoms with Gasteiger partial charge in [0.05, 0.1) is 0 Å². The lowest BCUT2D eigenvalue weighted by molar-refractivity contribution is 0.403. The molecule has 45 heavy (non-hydrogen) atoms. The highest BCUT2D eigenvalue weighted by Gasteiger charge is 2.14. The summed E-state index contributed by atoms with van der Waals surface area (Å²) in [6, 6.07) is 17.8. The number of hydrogen-bond acceptors (Lipinski definition) is 0. The van der Waals surface area contributed by atoms with Gasteiger partial charge in [0.2, 0.25) is 0 Å². The van der Waals surface area contributed by atoms with E-state index in [0.717, 1.165) is 18.3 Å². The van der Waals surface area contributed by atoms with Crippen molar-refractivity contribution in [2.24, 2.45) is 11.8 Å². The van der Waals surface area contributed by atoms with Crippen LogP contribution < -0.4 is 0 Å². The van der Waals surface area contributed by atoms with E-state index < -0.39 is 0 Å². The van der Waals surface area contributed by atoms with Crippen molar-refractivity contribution in [2.45, 2.75) is 139 Å². The number of aryl methyl sites for hydroxylation is 2. The van der Waals surface area contributed by atoms with Crippen LogP contribution in [0, 0.1) is 25.7 Å². The molecule has 0 spiro atoms. The minimum Gasteiger partial charge on any atom is -0.100 e. The maximum absolute atomic E-state index is 3.94. The molecule has 0 radical (unpaired) electrons. The first kappa shape index (κ1) is 40.2. The molecule has 4 atom stereocenters. The van der Waals surface area contributed by atoms with E-state index in [0.29, 0.717) is 11.8 Å². The highest BCUT2D eigenvalue weighted by Crippen LogP contribution is 2.27. The first-order chi connectivity index (χ1) is 21.3. The van der Waals surface area contributed by atoms with E-state index in [2.05, 4.69) is 162 Å². The normalized spacial score (nSPS) is 15.6. The molecule has 2 aromatic carbocycles. The van der Waals surface area contributed by atoms with Crippen LogP contribution >= 0.6 is 0 Å². The van der Waals surface area contributed by atoms with Gasteiger partial charge < -0.3 is 0 Å². The minimum absolute atomic E-state index is 0.668. The average Bonchev–Trinajstić information content (AvgIpc) is 2.98. The van der Waals surface area contributed by atoms with Gasteiger partial charge >= 0.3 is 0 Å². The smallest absolute Gasteiger partial charge is 0.0170 e. The van der Waals surface area contributed by atoms with E-state index in [-0.39, 0.29) is 0 Å². The Kier molecular flexibility index (Phi) is 20.2. The fourth-order valence-corrected chi connectivity index (χ4v) is 5.47. The summed E-state index contributed by atoms with van der Waals surface area (Å²) < 4.78 is 0. The molecule has 0 aromatic heterocycles. The number of allylic oxidation sites excluding steroid dienone is 9. The molecule has 2 aromatic rings. The molecule has 248 valence electrons. The van der Waals surface area contributed by atoms with E-state index in [4.69, 9.17) is 0 Å². The van der Waals surface area contributed by atoms with Gasteiger partial charge in [0.1, 0.15) is 0 Å². The van der Waals surface area contributed by atoms with Crippen LogP contribution in [0.4, 0.5) is 0 Å². The molecular formula is C45H68. The summed E-state index contributed by atoms with van der Waals surface area (Å²) >= 11 is 0. The van der Waals surface area contributed by atoms with Crippen molar-refractivity contribution in [3.8, 4) is 0 Å². The predicted octanol–water partition coefficient (Wildman–Crippen LogP) is 14.6. The number of benzene rings is 2. The van der Waals surface area contributed by atoms with Crippen molar-refractivity contribution in [3.05, 3.63) is 130 Å². The zero-order chi connectivity index (χ0) is 33.8. The molecule has 1 aliphatic rings. The van der Waals surface area contributed by atoms with Gasteiger partial charge in [-0.05, 0) is 142 Å². The van der Waals surface area contributed by atoms with Crippen molar-refractivity contribution in [2.75, 3.05) is 0 Å². The zero-order valence-electron chi connectivity index (χ0n) is 31.2. The van der Waals surface area contributed by atoms with Crippen molar-refractivity contribution in [1.82, 2.24) is 0 Å². The Morgan fingerprint density at radius 1 is 0.711 bits per heavy atom. The third kappa shape index (κ3) is 19.3. The molecule has 0 heteroatoms. The van der Waals surface area contributed by atoms with Crippen molar-refractivity contribution >= 4 is 0 Å². The van der Waals surface area contributed by atoms with Crippen LogP contribution in [-0.4, -0.2) is 0 Å². The van der Waals surface area contributed by atoms with Crippen molar-refractivity contribution < 1.29 is 0 Å². The zero-order valence-corrected chi connectivity index (χ0v) is 31.2. The Hall–Kier alpha value is -2.86. The Morgan fingerprint density at radius 3 is 1.60 bits per heavy atom. The molecule has 0 nitrogen and oxygen atoms in total. The maximum Gasteiger partial charge on any atom is -0.0170 e. The van der Waals surface area contributed by atoms with Crippen LogP contribution in [0.3, 0.4) is 0 Å². The van der Waals surface area contributed by atoms with Gasteiger partial charge in [0.25, 0.3) is 0 Å². The lowest BCUT2D eigenvalue weighted by Gasteiger charge is -2.21. The molecule has 0 fully saturated rings. The molecule has 0 heterocycles. The second-order valence-electron chi connectivity index (χ2n) is 14.4. The van der Waals surface area contributed by atoms with Gasteiger partial charge in [-0.15, -0.1) is 6.58 Å². The van der Waals surface area contributed by atoms with Gasteiger partial charge in [0.15, 0.2) is 0 Å². The fraction of sp³-hybridized carbons (Fsp3) is 0.511. The Bertz CT molecular complexity index is 1200. The monoisotopic (exact) mass is 609 g/mol. The molecule has 0 unspecified atom stereocenters. The van der Waals surface area contributed by atoms with E-state index >= 15 is 0 Å². The lowest BCUT2D eigenvalue weighted by atomic mass is 9.84. The summed E-state index contributed by atoms with van der Waals surface area (Å²) in [7, 11) is 0. The molecule has 3 rings (SSSR count). The second kappa shape index (κ2) is 22.6. The molecule has 0 bridgehead atoms. The van der Waals surface area contributed by atoms with E-state index in [1.54, 1.807) is 0 Å². The molecule has 0 saturated carbocycles. The van der Waals surface area contributed by atoms with E-state index in [1.165, 1.54) is 89.5 Å². The molecule has 0 aliphatic heterocycles. The molecule has 0 saturated heterocycles. The van der Waals surface area contributed by atoms with Crippen LogP contribution in [-0.2, 0) is 0 Å². The summed E-state index contributed by atoms with van der Waals surface area (Å²) in [5.74, 6) is 2.91. The second-order valence-corrected chi connectivity index (χ2v) is 14.4. The predicted molar refractivity (Wildman–Crippen MR) is 205 cm³/mol. The third-order valence-electron chi connectivity index (χ3n) is 8.91. The standard InChI is InChI=1S/C15H24.2C15H22/c3*1-12(2)6-5-7-14(4)15-10-8-13(3)9-11-15/h6,8-10,14-15H,5,7,11H2,1-4H3;6,8-11,14H,5,7H2,1-4H3;8-11,14H,1,5-7H2,2-4H3/t14-,15+;2*14-/m000/s1. The number of rotatable bonds is 13. The summed E-state index contributed by atoms with van der Waals surface area (Å²) in [6.07, 6.45) is 21.6. The van der Waals surface area contributed by atoms with Gasteiger partial charge in [-0.25, -0.2) is 0 Å². The van der Waals surface area contributed by atoms with Gasteiger partial charge in [-0.3, -0.25) is 0 Å². The average molecular weight is 609 g/mol. The van der Waals surface area contributed by atoms with E-state index in [9.17, 15) is 0 Å². The fourth-order valence-electron chi connectivity index (χ4n) is 5.47. The summed E-state index contributed by atoms with van der Waals surface area (Å²) in [4.78, 5) is 0. The molecule has 0 N–H and O–H groups in total. The van der Waals surface area contributed by atoms with Crippen molar-refractivity contribution in [1.29, 1.82) is 0 Å². The molecule has 1 aliphatic carbocycles. The maximum atomic E-state index is 3.94. The van der Waals surface area contributed by atoms with Gasteiger partial charge in [0, 0.05) is 0 Å². The number of hydrogen-bond donors (Lipinski definition) is 0. The minimum atomic E-state index is 0.668.